The highest BCUT2D eigenvalue weighted by molar-refractivity contribution is 5.92. The van der Waals surface area contributed by atoms with E-state index in [0.29, 0.717) is 18.8 Å². The number of carbonyl (C=O) groups excluding carboxylic acids is 2. The maximum atomic E-state index is 11.7. The molecule has 1 saturated carbocycles. The summed E-state index contributed by atoms with van der Waals surface area (Å²) < 4.78 is 5.22. The smallest absolute Gasteiger partial charge is 0.306 e. The van der Waals surface area contributed by atoms with Crippen molar-refractivity contribution in [2.75, 3.05) is 6.61 Å². The fourth-order valence-electron chi connectivity index (χ4n) is 2.95. The van der Waals surface area contributed by atoms with Gasteiger partial charge in [0.15, 0.2) is 0 Å². The number of unbranched alkanes of at least 4 members (excludes halogenated alkanes) is 3. The minimum atomic E-state index is -0.134. The Hall–Kier alpha value is -1.12. The number of hydrogen-bond donors (Lipinski definition) is 0. The highest BCUT2D eigenvalue weighted by Gasteiger charge is 2.44. The van der Waals surface area contributed by atoms with E-state index in [1.54, 1.807) is 0 Å². The van der Waals surface area contributed by atoms with Crippen LogP contribution in [0.4, 0.5) is 0 Å². The summed E-state index contributed by atoms with van der Waals surface area (Å²) in [5.74, 6) is 0.427. The van der Waals surface area contributed by atoms with Gasteiger partial charge in [-0.2, -0.15) is 0 Å². The van der Waals surface area contributed by atoms with Crippen molar-refractivity contribution in [3.63, 3.8) is 0 Å². The number of allylic oxidation sites excluding steroid dienone is 2. The van der Waals surface area contributed by atoms with E-state index >= 15 is 0 Å². The summed E-state index contributed by atoms with van der Waals surface area (Å²) in [6.45, 7) is 2.69. The third-order valence-corrected chi connectivity index (χ3v) is 4.00. The van der Waals surface area contributed by atoms with E-state index in [2.05, 4.69) is 6.92 Å². The first-order chi connectivity index (χ1) is 8.72. The van der Waals surface area contributed by atoms with Crippen LogP contribution in [0.15, 0.2) is 12.2 Å². The van der Waals surface area contributed by atoms with Gasteiger partial charge in [0.05, 0.1) is 6.61 Å². The maximum Gasteiger partial charge on any atom is 0.306 e. The zero-order valence-corrected chi connectivity index (χ0v) is 11.1. The van der Waals surface area contributed by atoms with Crippen LogP contribution in [0.3, 0.4) is 0 Å². The van der Waals surface area contributed by atoms with Crippen LogP contribution in [-0.4, -0.2) is 18.4 Å². The van der Waals surface area contributed by atoms with E-state index in [-0.39, 0.29) is 23.7 Å². The zero-order valence-electron chi connectivity index (χ0n) is 11.1. The Morgan fingerprint density at radius 1 is 1.33 bits per heavy atom. The van der Waals surface area contributed by atoms with Crippen molar-refractivity contribution < 1.29 is 14.3 Å². The minimum Gasteiger partial charge on any atom is -0.466 e. The predicted molar refractivity (Wildman–Crippen MR) is 69.0 cm³/mol. The van der Waals surface area contributed by atoms with E-state index in [1.165, 1.54) is 12.8 Å². The van der Waals surface area contributed by atoms with E-state index in [1.807, 2.05) is 12.2 Å². The van der Waals surface area contributed by atoms with Crippen LogP contribution in [0.25, 0.3) is 0 Å². The summed E-state index contributed by atoms with van der Waals surface area (Å²) in [4.78, 5) is 23.3. The van der Waals surface area contributed by atoms with Crippen molar-refractivity contribution in [1.29, 1.82) is 0 Å². The van der Waals surface area contributed by atoms with E-state index < -0.39 is 0 Å². The summed E-state index contributed by atoms with van der Waals surface area (Å²) in [6.07, 6.45) is 9.66. The molecule has 0 aromatic carbocycles. The lowest BCUT2D eigenvalue weighted by Gasteiger charge is -2.15. The number of rotatable bonds is 7. The molecule has 0 amide bonds. The average Bonchev–Trinajstić information content (AvgIpc) is 2.84. The predicted octanol–water partition coefficient (Wildman–Crippen LogP) is 2.89. The summed E-state index contributed by atoms with van der Waals surface area (Å²) in [6, 6.07) is 0. The van der Waals surface area contributed by atoms with Crippen LogP contribution >= 0.6 is 0 Å². The van der Waals surface area contributed by atoms with Crippen LogP contribution < -0.4 is 0 Å². The van der Waals surface area contributed by atoms with Crippen LogP contribution in [0, 0.1) is 17.8 Å². The quantitative estimate of drug-likeness (QED) is 0.396. The summed E-state index contributed by atoms with van der Waals surface area (Å²) in [5, 5.41) is 0. The molecule has 1 fully saturated rings. The van der Waals surface area contributed by atoms with Crippen molar-refractivity contribution >= 4 is 11.8 Å². The molecule has 0 aromatic heterocycles. The Bertz CT molecular complexity index is 346. The second-order valence-corrected chi connectivity index (χ2v) is 5.40. The van der Waals surface area contributed by atoms with E-state index in [0.717, 1.165) is 19.3 Å². The Labute approximate surface area is 109 Å². The van der Waals surface area contributed by atoms with Gasteiger partial charge in [0, 0.05) is 18.3 Å². The number of fused-ring (bicyclic) bond motifs is 2. The molecule has 2 rings (SSSR count). The molecule has 0 radical (unpaired) electrons. The van der Waals surface area contributed by atoms with Gasteiger partial charge in [0.25, 0.3) is 0 Å². The lowest BCUT2D eigenvalue weighted by atomic mass is 9.91. The van der Waals surface area contributed by atoms with Gasteiger partial charge in [0.1, 0.15) is 5.78 Å². The van der Waals surface area contributed by atoms with Gasteiger partial charge in [-0.1, -0.05) is 38.3 Å². The van der Waals surface area contributed by atoms with Gasteiger partial charge in [-0.05, 0) is 18.8 Å². The second-order valence-electron chi connectivity index (χ2n) is 5.40. The zero-order chi connectivity index (χ0) is 13.0. The fraction of sp³-hybridized carbons (Fsp3) is 0.733. The molecule has 0 aromatic rings. The lowest BCUT2D eigenvalue weighted by Crippen LogP contribution is -2.17. The summed E-state index contributed by atoms with van der Waals surface area (Å²) >= 11 is 0. The molecular formula is C15H22O3. The molecule has 0 aliphatic heterocycles. The van der Waals surface area contributed by atoms with Gasteiger partial charge in [-0.25, -0.2) is 0 Å². The Morgan fingerprint density at radius 3 is 2.78 bits per heavy atom. The number of esters is 1. The van der Waals surface area contributed by atoms with Gasteiger partial charge in [-0.15, -0.1) is 0 Å². The molecule has 2 aliphatic carbocycles. The molecule has 3 nitrogen and oxygen atoms in total. The first-order valence-electron chi connectivity index (χ1n) is 7.10. The molecule has 3 unspecified atom stereocenters. The molecule has 0 spiro atoms. The third kappa shape index (κ3) is 3.01. The average molecular weight is 250 g/mol. The fourth-order valence-corrected chi connectivity index (χ4v) is 2.95. The van der Waals surface area contributed by atoms with Crippen LogP contribution in [0.5, 0.6) is 0 Å². The number of ketones is 1. The Kier molecular flexibility index (Phi) is 4.56. The first kappa shape index (κ1) is 13.3. The van der Waals surface area contributed by atoms with Crippen molar-refractivity contribution in [2.24, 2.45) is 17.8 Å². The molecule has 3 atom stereocenters. The molecule has 2 bridgehead atoms. The van der Waals surface area contributed by atoms with Crippen LogP contribution in [0.1, 0.15) is 45.4 Å². The Balaban J connectivity index is 1.63. The maximum absolute atomic E-state index is 11.7. The second kappa shape index (κ2) is 6.17. The molecule has 0 N–H and O–H groups in total. The van der Waals surface area contributed by atoms with Crippen molar-refractivity contribution in [3.05, 3.63) is 12.2 Å². The Morgan fingerprint density at radius 2 is 2.17 bits per heavy atom. The molecular weight excluding hydrogens is 228 g/mol. The third-order valence-electron chi connectivity index (χ3n) is 4.00. The van der Waals surface area contributed by atoms with Gasteiger partial charge in [-0.3, -0.25) is 9.59 Å². The minimum absolute atomic E-state index is 0.0114. The number of ether oxygens (including phenoxy) is 1. The topological polar surface area (TPSA) is 43.4 Å². The highest BCUT2D eigenvalue weighted by atomic mass is 16.5. The molecule has 0 heterocycles. The normalized spacial score (nSPS) is 28.9. The van der Waals surface area contributed by atoms with Crippen molar-refractivity contribution in [3.8, 4) is 0 Å². The first-order valence-corrected chi connectivity index (χ1v) is 7.10. The van der Waals surface area contributed by atoms with E-state index in [4.69, 9.17) is 4.74 Å². The van der Waals surface area contributed by atoms with Gasteiger partial charge in [0.2, 0.25) is 0 Å². The largest absolute Gasteiger partial charge is 0.466 e. The monoisotopic (exact) mass is 250 g/mol. The molecule has 18 heavy (non-hydrogen) atoms. The van der Waals surface area contributed by atoms with Crippen molar-refractivity contribution in [1.82, 2.24) is 0 Å². The SMILES string of the molecule is CCCCCCOC(=O)CC1CC2C=CC1C2=O. The van der Waals surface area contributed by atoms with Gasteiger partial charge >= 0.3 is 5.97 Å². The van der Waals surface area contributed by atoms with Crippen molar-refractivity contribution in [2.45, 2.75) is 45.4 Å². The highest BCUT2D eigenvalue weighted by Crippen LogP contribution is 2.42. The molecule has 2 aliphatic rings. The summed E-state index contributed by atoms with van der Waals surface area (Å²) in [5.41, 5.74) is 0. The molecule has 3 heteroatoms. The molecule has 100 valence electrons. The number of Topliss-reactive ketones (excluding diaryl/α,β-unsaturated/α-hetero) is 1. The van der Waals surface area contributed by atoms with Gasteiger partial charge < -0.3 is 4.74 Å². The lowest BCUT2D eigenvalue weighted by molar-refractivity contribution is -0.145. The molecule has 0 saturated heterocycles. The van der Waals surface area contributed by atoms with Crippen LogP contribution in [-0.2, 0) is 14.3 Å². The summed E-state index contributed by atoms with van der Waals surface area (Å²) in [7, 11) is 0. The number of hydrogen-bond acceptors (Lipinski definition) is 3. The van der Waals surface area contributed by atoms with Crippen LogP contribution in [0.2, 0.25) is 0 Å². The number of carbonyl (C=O) groups is 2. The van der Waals surface area contributed by atoms with E-state index in [9.17, 15) is 9.59 Å². The standard InChI is InChI=1S/C15H22O3/c1-2-3-4-5-8-18-14(16)10-12-9-11-6-7-13(12)15(11)17/h6-7,11-13H,2-5,8-10H2,1H3.